The number of hydrogen-bond acceptors (Lipinski definition) is 7. The van der Waals surface area contributed by atoms with Gasteiger partial charge >= 0.3 is 0 Å². The van der Waals surface area contributed by atoms with Crippen molar-refractivity contribution in [3.63, 3.8) is 0 Å². The van der Waals surface area contributed by atoms with Crippen LogP contribution in [-0.4, -0.2) is 59.0 Å². The molecule has 0 unspecified atom stereocenters. The Morgan fingerprint density at radius 3 is 2.56 bits per heavy atom. The summed E-state index contributed by atoms with van der Waals surface area (Å²) in [5.74, 6) is 0.315. The van der Waals surface area contributed by atoms with Gasteiger partial charge in [-0.2, -0.15) is 0 Å². The van der Waals surface area contributed by atoms with E-state index >= 15 is 0 Å². The van der Waals surface area contributed by atoms with Crippen molar-refractivity contribution in [2.45, 2.75) is 6.92 Å². The fraction of sp³-hybridized carbons (Fsp3) is 0.214. The summed E-state index contributed by atoms with van der Waals surface area (Å²) in [6.45, 7) is 6.01. The number of anilines is 4. The van der Waals surface area contributed by atoms with Gasteiger partial charge in [0.1, 0.15) is 0 Å². The molecule has 4 aromatic rings. The summed E-state index contributed by atoms with van der Waals surface area (Å²) in [5, 5.41) is 7.12. The number of rotatable bonds is 6. The molecule has 2 N–H and O–H groups in total. The maximum atomic E-state index is 12.0. The van der Waals surface area contributed by atoms with Crippen LogP contribution in [0.2, 0.25) is 0 Å². The maximum Gasteiger partial charge on any atom is 0.248 e. The van der Waals surface area contributed by atoms with Gasteiger partial charge in [-0.3, -0.25) is 9.78 Å². The molecule has 0 bridgehead atoms. The second-order valence-corrected chi connectivity index (χ2v) is 8.82. The molecule has 0 atom stereocenters. The van der Waals surface area contributed by atoms with Gasteiger partial charge in [-0.25, -0.2) is 9.97 Å². The highest BCUT2D eigenvalue weighted by Crippen LogP contribution is 2.30. The summed E-state index contributed by atoms with van der Waals surface area (Å²) in [5.41, 5.74) is 5.21. The van der Waals surface area contributed by atoms with E-state index in [9.17, 15) is 4.79 Å². The number of carbonyl (C=O) groups excluding carboxylic acids is 1. The third-order valence-electron chi connectivity index (χ3n) is 6.21. The average molecular weight is 480 g/mol. The topological polar surface area (TPSA) is 86.3 Å². The van der Waals surface area contributed by atoms with Gasteiger partial charge in [0.05, 0.1) is 17.4 Å². The van der Waals surface area contributed by atoms with Crippen LogP contribution < -0.4 is 15.5 Å². The third kappa shape index (κ3) is 5.34. The molecule has 2 aromatic heterocycles. The Kier molecular flexibility index (Phi) is 6.86. The lowest BCUT2D eigenvalue weighted by Gasteiger charge is -2.34. The predicted octanol–water partition coefficient (Wildman–Crippen LogP) is 4.70. The maximum absolute atomic E-state index is 12.0. The molecule has 1 aliphatic rings. The number of pyridine rings is 1. The number of amides is 1. The average Bonchev–Trinajstić information content (AvgIpc) is 2.89. The molecule has 0 saturated carbocycles. The van der Waals surface area contributed by atoms with Crippen LogP contribution in [0, 0.1) is 0 Å². The lowest BCUT2D eigenvalue weighted by Crippen LogP contribution is -2.44. The number of likely N-dealkylation sites (N-methyl/N-ethyl adjacent to an activating group) is 1. The minimum Gasteiger partial charge on any atom is -0.369 e. The molecule has 1 amide bonds. The first kappa shape index (κ1) is 23.4. The molecule has 0 spiro atoms. The first-order chi connectivity index (χ1) is 17.6. The summed E-state index contributed by atoms with van der Waals surface area (Å²) in [4.78, 5) is 30.6. The summed E-state index contributed by atoms with van der Waals surface area (Å²) in [6.07, 6.45) is 6.67. The fourth-order valence-electron chi connectivity index (χ4n) is 4.29. The normalized spacial score (nSPS) is 14.3. The van der Waals surface area contributed by atoms with E-state index in [1.165, 1.54) is 11.8 Å². The number of nitrogens with one attached hydrogen (secondary N) is 2. The number of allylic oxidation sites excluding steroid dienone is 1. The zero-order valence-corrected chi connectivity index (χ0v) is 20.5. The Labute approximate surface area is 210 Å². The molecule has 1 aliphatic heterocycles. The van der Waals surface area contributed by atoms with Crippen molar-refractivity contribution in [1.29, 1.82) is 0 Å². The molecule has 8 heteroatoms. The number of benzene rings is 2. The van der Waals surface area contributed by atoms with Crippen molar-refractivity contribution < 1.29 is 4.79 Å². The molecule has 182 valence electrons. The van der Waals surface area contributed by atoms with Crippen molar-refractivity contribution in [2.24, 2.45) is 0 Å². The Morgan fingerprint density at radius 2 is 1.78 bits per heavy atom. The van der Waals surface area contributed by atoms with Crippen LogP contribution in [0.5, 0.6) is 0 Å². The summed E-state index contributed by atoms with van der Waals surface area (Å²) in [6, 6.07) is 17.9. The van der Waals surface area contributed by atoms with E-state index in [1.54, 1.807) is 18.5 Å². The van der Waals surface area contributed by atoms with Crippen LogP contribution in [0.1, 0.15) is 6.92 Å². The number of fused-ring (bicyclic) bond motifs is 1. The lowest BCUT2D eigenvalue weighted by atomic mass is 10.1. The molecule has 8 nitrogen and oxygen atoms in total. The van der Waals surface area contributed by atoms with E-state index in [-0.39, 0.29) is 5.91 Å². The number of aromatic nitrogens is 3. The Hall–Kier alpha value is -4.30. The van der Waals surface area contributed by atoms with E-state index in [4.69, 9.17) is 9.97 Å². The Morgan fingerprint density at radius 1 is 0.972 bits per heavy atom. The SMILES string of the molecule is CC=CC(=O)Nc1cccc(-c2nc(Nc3ccc(N4CCN(C)CC4)cc3)nc3cnccc23)c1. The Bertz CT molecular complexity index is 1390. The van der Waals surface area contributed by atoms with E-state index in [2.05, 4.69) is 56.7 Å². The zero-order valence-electron chi connectivity index (χ0n) is 20.5. The molecule has 2 aromatic carbocycles. The van der Waals surface area contributed by atoms with Gasteiger partial charge in [-0.1, -0.05) is 18.2 Å². The predicted molar refractivity (Wildman–Crippen MR) is 146 cm³/mol. The van der Waals surface area contributed by atoms with E-state index in [1.807, 2.05) is 37.3 Å². The molecule has 1 fully saturated rings. The van der Waals surface area contributed by atoms with Crippen LogP contribution in [0.4, 0.5) is 23.0 Å². The second kappa shape index (κ2) is 10.5. The van der Waals surface area contributed by atoms with Crippen molar-refractivity contribution in [2.75, 3.05) is 48.8 Å². The monoisotopic (exact) mass is 479 g/mol. The third-order valence-corrected chi connectivity index (χ3v) is 6.21. The molecule has 0 radical (unpaired) electrons. The first-order valence-electron chi connectivity index (χ1n) is 12.1. The van der Waals surface area contributed by atoms with Crippen molar-refractivity contribution in [3.05, 3.63) is 79.1 Å². The van der Waals surface area contributed by atoms with E-state index in [0.717, 1.165) is 54.0 Å². The van der Waals surface area contributed by atoms with Crippen LogP contribution >= 0.6 is 0 Å². The summed E-state index contributed by atoms with van der Waals surface area (Å²) < 4.78 is 0. The fourth-order valence-corrected chi connectivity index (χ4v) is 4.29. The lowest BCUT2D eigenvalue weighted by molar-refractivity contribution is -0.111. The van der Waals surface area contributed by atoms with Gasteiger partial charge in [-0.05, 0) is 62.5 Å². The molecular formula is C28H29N7O. The molecule has 36 heavy (non-hydrogen) atoms. The quantitative estimate of drug-likeness (QED) is 0.388. The molecule has 5 rings (SSSR count). The molecule has 1 saturated heterocycles. The zero-order chi connectivity index (χ0) is 24.9. The standard InChI is InChI=1S/C28H29N7O/c1-3-5-26(36)30-22-7-4-6-20(18-22)27-24-12-13-29-19-25(24)32-28(33-27)31-21-8-10-23(11-9-21)35-16-14-34(2)15-17-35/h3-13,18-19H,14-17H2,1-2H3,(H,30,36)(H,31,32,33). The Balaban J connectivity index is 1.43. The van der Waals surface area contributed by atoms with Gasteiger partial charge in [0.15, 0.2) is 0 Å². The van der Waals surface area contributed by atoms with Gasteiger partial charge in [0, 0.05) is 60.4 Å². The van der Waals surface area contributed by atoms with Crippen LogP contribution in [0.15, 0.2) is 79.1 Å². The molecule has 0 aliphatic carbocycles. The minimum absolute atomic E-state index is 0.172. The van der Waals surface area contributed by atoms with Crippen molar-refractivity contribution in [1.82, 2.24) is 19.9 Å². The summed E-state index contributed by atoms with van der Waals surface area (Å²) in [7, 11) is 2.16. The van der Waals surface area contributed by atoms with Gasteiger partial charge in [0.2, 0.25) is 11.9 Å². The highest BCUT2D eigenvalue weighted by Gasteiger charge is 2.15. The molecule has 3 heterocycles. The highest BCUT2D eigenvalue weighted by molar-refractivity contribution is 6.00. The van der Waals surface area contributed by atoms with E-state index < -0.39 is 0 Å². The number of nitrogens with zero attached hydrogens (tertiary/aromatic N) is 5. The largest absolute Gasteiger partial charge is 0.369 e. The first-order valence-corrected chi connectivity index (χ1v) is 12.1. The smallest absolute Gasteiger partial charge is 0.248 e. The van der Waals surface area contributed by atoms with Crippen molar-refractivity contribution >= 4 is 39.8 Å². The van der Waals surface area contributed by atoms with Gasteiger partial charge in [0.25, 0.3) is 0 Å². The van der Waals surface area contributed by atoms with Crippen LogP contribution in [-0.2, 0) is 4.79 Å². The van der Waals surface area contributed by atoms with Crippen LogP contribution in [0.3, 0.4) is 0 Å². The van der Waals surface area contributed by atoms with E-state index in [0.29, 0.717) is 11.6 Å². The minimum atomic E-state index is -0.172. The second-order valence-electron chi connectivity index (χ2n) is 8.82. The van der Waals surface area contributed by atoms with Gasteiger partial charge in [-0.15, -0.1) is 0 Å². The van der Waals surface area contributed by atoms with Crippen LogP contribution in [0.25, 0.3) is 22.2 Å². The number of carbonyl (C=O) groups is 1. The number of piperazine rings is 1. The highest BCUT2D eigenvalue weighted by atomic mass is 16.1. The van der Waals surface area contributed by atoms with Crippen molar-refractivity contribution in [3.8, 4) is 11.3 Å². The molecular weight excluding hydrogens is 450 g/mol. The summed E-state index contributed by atoms with van der Waals surface area (Å²) >= 11 is 0. The number of hydrogen-bond donors (Lipinski definition) is 2. The van der Waals surface area contributed by atoms with Gasteiger partial charge < -0.3 is 20.4 Å².